The molecule has 4 nitrogen and oxygen atoms in total. The average Bonchev–Trinajstić information content (AvgIpc) is 2.91. The molecule has 0 saturated heterocycles. The number of halogens is 1. The molecule has 1 heterocycles. The third-order valence-corrected chi connectivity index (χ3v) is 3.42. The molecule has 1 atom stereocenters. The van der Waals surface area contributed by atoms with Crippen LogP contribution in [0.4, 0.5) is 0 Å². The summed E-state index contributed by atoms with van der Waals surface area (Å²) < 4.78 is 5.26. The van der Waals surface area contributed by atoms with Crippen LogP contribution in [-0.4, -0.2) is 24.4 Å². The summed E-state index contributed by atoms with van der Waals surface area (Å²) in [6, 6.07) is 11.2. The Labute approximate surface area is 129 Å². The second kappa shape index (κ2) is 7.29. The molecule has 0 radical (unpaired) electrons. The topological polar surface area (TPSA) is 45.5 Å². The molecule has 0 aliphatic rings. The van der Waals surface area contributed by atoms with E-state index in [2.05, 4.69) is 5.32 Å². The molecule has 1 aromatic carbocycles. The smallest absolute Gasteiger partial charge is 0.234 e. The van der Waals surface area contributed by atoms with Gasteiger partial charge in [0.1, 0.15) is 5.76 Å². The zero-order chi connectivity index (χ0) is 15.2. The molecule has 0 aliphatic carbocycles. The van der Waals surface area contributed by atoms with Crippen molar-refractivity contribution in [3.05, 3.63) is 59.0 Å². The van der Waals surface area contributed by atoms with Crippen molar-refractivity contribution in [2.24, 2.45) is 0 Å². The monoisotopic (exact) mass is 306 g/mol. The molecule has 0 saturated carbocycles. The molecule has 2 aromatic rings. The van der Waals surface area contributed by atoms with Crippen molar-refractivity contribution in [2.75, 3.05) is 13.6 Å². The third kappa shape index (κ3) is 4.92. The minimum absolute atomic E-state index is 0.0218. The lowest BCUT2D eigenvalue weighted by Crippen LogP contribution is -2.36. The predicted molar refractivity (Wildman–Crippen MR) is 83.1 cm³/mol. The average molecular weight is 307 g/mol. The van der Waals surface area contributed by atoms with Crippen LogP contribution >= 0.6 is 11.6 Å². The number of carbonyl (C=O) groups excluding carboxylic acids is 1. The van der Waals surface area contributed by atoms with E-state index in [4.69, 9.17) is 16.0 Å². The zero-order valence-corrected chi connectivity index (χ0v) is 12.9. The lowest BCUT2D eigenvalue weighted by molar-refractivity contribution is -0.122. The molecular weight excluding hydrogens is 288 g/mol. The number of hydrogen-bond acceptors (Lipinski definition) is 3. The van der Waals surface area contributed by atoms with E-state index < -0.39 is 0 Å². The van der Waals surface area contributed by atoms with Crippen molar-refractivity contribution in [2.45, 2.75) is 19.5 Å². The summed E-state index contributed by atoms with van der Waals surface area (Å²) in [7, 11) is 1.88. The van der Waals surface area contributed by atoms with E-state index >= 15 is 0 Å². The van der Waals surface area contributed by atoms with Crippen LogP contribution in [0.1, 0.15) is 24.3 Å². The van der Waals surface area contributed by atoms with Crippen LogP contribution in [-0.2, 0) is 11.3 Å². The van der Waals surface area contributed by atoms with Crippen LogP contribution in [0, 0.1) is 0 Å². The number of amides is 1. The minimum Gasteiger partial charge on any atom is -0.468 e. The standard InChI is InChI=1S/C16H19ClN2O2/c1-12(13-5-7-14(17)8-6-13)18-16(20)11-19(2)10-15-4-3-9-21-15/h3-9,12H,10-11H2,1-2H3,(H,18,20)/t12-/m1/s1. The maximum absolute atomic E-state index is 12.0. The van der Waals surface area contributed by atoms with E-state index in [-0.39, 0.29) is 11.9 Å². The Morgan fingerprint density at radius 3 is 2.67 bits per heavy atom. The summed E-state index contributed by atoms with van der Waals surface area (Å²) in [4.78, 5) is 13.9. The van der Waals surface area contributed by atoms with Gasteiger partial charge in [0.25, 0.3) is 0 Å². The molecule has 21 heavy (non-hydrogen) atoms. The molecule has 112 valence electrons. The predicted octanol–water partition coefficient (Wildman–Crippen LogP) is 3.24. The quantitative estimate of drug-likeness (QED) is 0.891. The number of nitrogens with one attached hydrogen (secondary N) is 1. The molecule has 5 heteroatoms. The van der Waals surface area contributed by atoms with Crippen LogP contribution in [0.15, 0.2) is 47.1 Å². The van der Waals surface area contributed by atoms with Crippen molar-refractivity contribution in [3.63, 3.8) is 0 Å². The summed E-state index contributed by atoms with van der Waals surface area (Å²) >= 11 is 5.86. The molecule has 0 spiro atoms. The van der Waals surface area contributed by atoms with Crippen molar-refractivity contribution in [3.8, 4) is 0 Å². The highest BCUT2D eigenvalue weighted by molar-refractivity contribution is 6.30. The normalized spacial score (nSPS) is 12.4. The summed E-state index contributed by atoms with van der Waals surface area (Å²) in [5.41, 5.74) is 1.03. The molecule has 2 rings (SSSR count). The fourth-order valence-electron chi connectivity index (χ4n) is 2.09. The molecule has 0 fully saturated rings. The van der Waals surface area contributed by atoms with E-state index in [1.54, 1.807) is 6.26 Å². The van der Waals surface area contributed by atoms with Gasteiger partial charge in [0.2, 0.25) is 5.91 Å². The molecular formula is C16H19ClN2O2. The Morgan fingerprint density at radius 1 is 1.33 bits per heavy atom. The number of benzene rings is 1. The van der Waals surface area contributed by atoms with Gasteiger partial charge in [-0.05, 0) is 43.8 Å². The Kier molecular flexibility index (Phi) is 5.42. The van der Waals surface area contributed by atoms with Gasteiger partial charge in [-0.3, -0.25) is 9.69 Å². The third-order valence-electron chi connectivity index (χ3n) is 3.17. The van der Waals surface area contributed by atoms with Gasteiger partial charge >= 0.3 is 0 Å². The molecule has 0 aliphatic heterocycles. The molecule has 1 amide bonds. The highest BCUT2D eigenvalue weighted by atomic mass is 35.5. The first-order valence-electron chi connectivity index (χ1n) is 6.80. The zero-order valence-electron chi connectivity index (χ0n) is 12.2. The van der Waals surface area contributed by atoms with Crippen molar-refractivity contribution in [1.82, 2.24) is 10.2 Å². The van der Waals surface area contributed by atoms with Gasteiger partial charge in [0.15, 0.2) is 0 Å². The van der Waals surface area contributed by atoms with Crippen molar-refractivity contribution < 1.29 is 9.21 Å². The Hall–Kier alpha value is -1.78. The van der Waals surface area contributed by atoms with Gasteiger partial charge in [-0.25, -0.2) is 0 Å². The van der Waals surface area contributed by atoms with E-state index in [1.807, 2.05) is 55.3 Å². The van der Waals surface area contributed by atoms with Crippen LogP contribution < -0.4 is 5.32 Å². The van der Waals surface area contributed by atoms with Gasteiger partial charge in [-0.2, -0.15) is 0 Å². The van der Waals surface area contributed by atoms with Crippen molar-refractivity contribution >= 4 is 17.5 Å². The second-order valence-corrected chi connectivity index (χ2v) is 5.53. The number of carbonyl (C=O) groups is 1. The fourth-order valence-corrected chi connectivity index (χ4v) is 2.22. The Bertz CT molecular complexity index is 566. The molecule has 0 bridgehead atoms. The molecule has 1 aromatic heterocycles. The number of nitrogens with zero attached hydrogens (tertiary/aromatic N) is 1. The summed E-state index contributed by atoms with van der Waals surface area (Å²) in [6.45, 7) is 2.88. The van der Waals surface area contributed by atoms with Gasteiger partial charge in [-0.15, -0.1) is 0 Å². The van der Waals surface area contributed by atoms with Gasteiger partial charge < -0.3 is 9.73 Å². The minimum atomic E-state index is -0.0493. The van der Waals surface area contributed by atoms with Gasteiger partial charge in [0.05, 0.1) is 25.4 Å². The largest absolute Gasteiger partial charge is 0.468 e. The second-order valence-electron chi connectivity index (χ2n) is 5.09. The SMILES string of the molecule is C[C@@H](NC(=O)CN(C)Cc1ccco1)c1ccc(Cl)cc1. The number of rotatable bonds is 6. The van der Waals surface area contributed by atoms with E-state index in [9.17, 15) is 4.79 Å². The summed E-state index contributed by atoms with van der Waals surface area (Å²) in [5.74, 6) is 0.822. The summed E-state index contributed by atoms with van der Waals surface area (Å²) in [5, 5.41) is 3.66. The Balaban J connectivity index is 1.82. The van der Waals surface area contributed by atoms with Crippen LogP contribution in [0.3, 0.4) is 0 Å². The van der Waals surface area contributed by atoms with Crippen LogP contribution in [0.5, 0.6) is 0 Å². The highest BCUT2D eigenvalue weighted by Gasteiger charge is 2.12. The van der Waals surface area contributed by atoms with Crippen LogP contribution in [0.2, 0.25) is 5.02 Å². The number of hydrogen-bond donors (Lipinski definition) is 1. The lowest BCUT2D eigenvalue weighted by atomic mass is 10.1. The van der Waals surface area contributed by atoms with E-state index in [0.29, 0.717) is 18.1 Å². The first-order chi connectivity index (χ1) is 10.0. The summed E-state index contributed by atoms with van der Waals surface area (Å²) in [6.07, 6.45) is 1.63. The van der Waals surface area contributed by atoms with Gasteiger partial charge in [0, 0.05) is 5.02 Å². The number of furan rings is 1. The maximum Gasteiger partial charge on any atom is 0.234 e. The maximum atomic E-state index is 12.0. The number of likely N-dealkylation sites (N-methyl/N-ethyl adjacent to an activating group) is 1. The van der Waals surface area contributed by atoms with E-state index in [0.717, 1.165) is 11.3 Å². The fraction of sp³-hybridized carbons (Fsp3) is 0.312. The lowest BCUT2D eigenvalue weighted by Gasteiger charge is -2.18. The van der Waals surface area contributed by atoms with Crippen LogP contribution in [0.25, 0.3) is 0 Å². The first kappa shape index (κ1) is 15.6. The first-order valence-corrected chi connectivity index (χ1v) is 7.18. The Morgan fingerprint density at radius 2 is 2.05 bits per heavy atom. The van der Waals surface area contributed by atoms with Gasteiger partial charge in [-0.1, -0.05) is 23.7 Å². The molecule has 0 unspecified atom stereocenters. The van der Waals surface area contributed by atoms with Crippen molar-refractivity contribution in [1.29, 1.82) is 0 Å². The van der Waals surface area contributed by atoms with E-state index in [1.165, 1.54) is 0 Å². The highest BCUT2D eigenvalue weighted by Crippen LogP contribution is 2.15. The molecule has 1 N–H and O–H groups in total.